The van der Waals surface area contributed by atoms with Gasteiger partial charge in [0.1, 0.15) is 17.2 Å². The molecule has 4 N–H and O–H groups in total. The van der Waals surface area contributed by atoms with Gasteiger partial charge in [0.2, 0.25) is 0 Å². The molecular weight excluding hydrogens is 645 g/mol. The molecule has 258 valence electrons. The van der Waals surface area contributed by atoms with Gasteiger partial charge < -0.3 is 29.3 Å². The van der Waals surface area contributed by atoms with Gasteiger partial charge in [-0.25, -0.2) is 19.4 Å². The van der Waals surface area contributed by atoms with Crippen LogP contribution < -0.4 is 35.6 Å². The van der Waals surface area contributed by atoms with E-state index in [0.717, 1.165) is 16.2 Å². The third-order valence-corrected chi connectivity index (χ3v) is 9.79. The summed E-state index contributed by atoms with van der Waals surface area (Å²) in [7, 11) is -0.516. The molecule has 14 heteroatoms. The Hall–Kier alpha value is -4.76. The van der Waals surface area contributed by atoms with Crippen LogP contribution in [0.15, 0.2) is 101 Å². The molecule has 0 aromatic heterocycles. The largest absolute Gasteiger partial charge is 0.497 e. The highest BCUT2D eigenvalue weighted by molar-refractivity contribution is 7.92. The first-order valence-electron chi connectivity index (χ1n) is 15.6. The van der Waals surface area contributed by atoms with Crippen LogP contribution in [0.1, 0.15) is 30.5 Å². The smallest absolute Gasteiger partial charge is 0.494 e. The van der Waals surface area contributed by atoms with E-state index in [4.69, 9.17) is 35.1 Å². The van der Waals surface area contributed by atoms with E-state index in [-0.39, 0.29) is 34.8 Å². The van der Waals surface area contributed by atoms with Gasteiger partial charge in [0.15, 0.2) is 5.84 Å². The Balaban J connectivity index is 1.61. The average molecular weight is 688 g/mol. The summed E-state index contributed by atoms with van der Waals surface area (Å²) in [5.74, 6) is 8.14. The summed E-state index contributed by atoms with van der Waals surface area (Å²) in [6.07, 6.45) is 0. The number of hydrazone groups is 1. The number of hydrogen-bond acceptors (Lipinski definition) is 10. The van der Waals surface area contributed by atoms with Crippen LogP contribution in [0.3, 0.4) is 0 Å². The zero-order valence-corrected chi connectivity index (χ0v) is 29.1. The van der Waals surface area contributed by atoms with Crippen molar-refractivity contribution in [2.75, 3.05) is 38.8 Å². The summed E-state index contributed by atoms with van der Waals surface area (Å²) < 4.78 is 59.3. The number of benzene rings is 4. The maximum absolute atomic E-state index is 14.9. The Bertz CT molecular complexity index is 1850. The zero-order chi connectivity index (χ0) is 35.2. The van der Waals surface area contributed by atoms with E-state index in [2.05, 4.69) is 5.10 Å². The molecule has 49 heavy (non-hydrogen) atoms. The maximum Gasteiger partial charge on any atom is 0.494 e. The molecule has 12 nitrogen and oxygen atoms in total. The van der Waals surface area contributed by atoms with Gasteiger partial charge in [0.05, 0.1) is 45.0 Å². The Kier molecular flexibility index (Phi) is 11.0. The number of methoxy groups -OCH3 is 3. The number of hydrazine groups is 1. The predicted octanol–water partition coefficient (Wildman–Crippen LogP) is 3.87. The minimum absolute atomic E-state index is 0.00444. The number of nitrogens with two attached hydrogens (primary N) is 2. The molecule has 0 radical (unpaired) electrons. The van der Waals surface area contributed by atoms with E-state index in [1.54, 1.807) is 69.9 Å². The minimum atomic E-state index is -4.33. The molecule has 1 aliphatic heterocycles. The number of ether oxygens (including phenoxy) is 3. The SMILES string of the molecule is COc1ccc(CN(N)/N=C(\N)c2c(B3OCC(C)(C)CO3)cccc2S(=O)(=O)N(Cc2ccc(OC)cc2)c2ccc(OC)cc2)cc1. The van der Waals surface area contributed by atoms with E-state index in [1.165, 1.54) is 10.4 Å². The third-order valence-electron chi connectivity index (χ3n) is 7.97. The van der Waals surface area contributed by atoms with Crippen molar-refractivity contribution in [2.24, 2.45) is 22.1 Å². The average Bonchev–Trinajstić information content (AvgIpc) is 3.10. The van der Waals surface area contributed by atoms with Crippen molar-refractivity contribution in [1.29, 1.82) is 0 Å². The summed E-state index contributed by atoms with van der Waals surface area (Å²) in [6, 6.07) is 26.2. The third kappa shape index (κ3) is 8.46. The summed E-state index contributed by atoms with van der Waals surface area (Å²) in [5.41, 5.74) is 9.00. The number of amidine groups is 1. The van der Waals surface area contributed by atoms with Crippen LogP contribution in [0, 0.1) is 5.41 Å². The van der Waals surface area contributed by atoms with Crippen molar-refractivity contribution in [3.05, 3.63) is 108 Å². The van der Waals surface area contributed by atoms with E-state index in [1.807, 2.05) is 50.2 Å². The monoisotopic (exact) mass is 687 g/mol. The molecule has 1 aliphatic rings. The first kappa shape index (κ1) is 35.5. The van der Waals surface area contributed by atoms with Gasteiger partial charge in [-0.1, -0.05) is 50.2 Å². The number of anilines is 1. The van der Waals surface area contributed by atoms with Gasteiger partial charge in [0.25, 0.3) is 10.0 Å². The second-order valence-corrected chi connectivity index (χ2v) is 14.2. The lowest BCUT2D eigenvalue weighted by Crippen LogP contribution is -2.50. The second kappa shape index (κ2) is 15.2. The summed E-state index contributed by atoms with van der Waals surface area (Å²) in [5, 5.41) is 5.61. The highest BCUT2D eigenvalue weighted by Crippen LogP contribution is 2.31. The second-order valence-electron chi connectivity index (χ2n) is 12.3. The standard InChI is InChI=1S/C35H42BN5O7S/c1-35(2)23-47-36(48-24-35)31-7-6-8-32(33(31)34(37)39-41(38)22-26-11-17-29(45-4)18-12-26)49(42,43)40(27-13-19-30(46-5)20-14-27)21-25-9-15-28(44-3)16-10-25/h6-20H,21-24,38H2,1-5H3,(H2,37,39). The molecular formula is C35H42BN5O7S. The van der Waals surface area contributed by atoms with Crippen molar-refractivity contribution in [3.63, 3.8) is 0 Å². The molecule has 0 unspecified atom stereocenters. The molecule has 4 aromatic carbocycles. The lowest BCUT2D eigenvalue weighted by Gasteiger charge is -2.34. The van der Waals surface area contributed by atoms with Crippen LogP contribution in [-0.2, 0) is 32.4 Å². The van der Waals surface area contributed by atoms with Crippen LogP contribution >= 0.6 is 0 Å². The predicted molar refractivity (Wildman–Crippen MR) is 190 cm³/mol. The van der Waals surface area contributed by atoms with Crippen LogP contribution in [0.2, 0.25) is 0 Å². The van der Waals surface area contributed by atoms with Gasteiger partial charge in [-0.2, -0.15) is 0 Å². The first-order valence-corrected chi connectivity index (χ1v) is 17.0. The fourth-order valence-corrected chi connectivity index (χ4v) is 7.01. The van der Waals surface area contributed by atoms with Crippen molar-refractivity contribution < 1.29 is 31.9 Å². The Labute approximate surface area is 288 Å². The quantitative estimate of drug-likeness (QED) is 0.0697. The fourth-order valence-electron chi connectivity index (χ4n) is 5.33. The highest BCUT2D eigenvalue weighted by Gasteiger charge is 2.38. The molecule has 1 heterocycles. The number of sulfonamides is 1. The number of nitrogens with zero attached hydrogens (tertiary/aromatic N) is 3. The van der Waals surface area contributed by atoms with Gasteiger partial charge in [-0.15, -0.1) is 5.10 Å². The first-order chi connectivity index (χ1) is 23.4. The molecule has 5 rings (SSSR count). The number of hydrogen-bond donors (Lipinski definition) is 2. The molecule has 0 atom stereocenters. The highest BCUT2D eigenvalue weighted by atomic mass is 32.2. The lowest BCUT2D eigenvalue weighted by atomic mass is 9.73. The van der Waals surface area contributed by atoms with E-state index < -0.39 is 17.1 Å². The van der Waals surface area contributed by atoms with E-state index in [9.17, 15) is 8.42 Å². The normalized spacial score (nSPS) is 14.7. The van der Waals surface area contributed by atoms with Gasteiger partial charge in [-0.05, 0) is 71.2 Å². The van der Waals surface area contributed by atoms with Crippen molar-refractivity contribution in [1.82, 2.24) is 5.12 Å². The van der Waals surface area contributed by atoms with E-state index >= 15 is 0 Å². The van der Waals surface area contributed by atoms with Crippen LogP contribution in [-0.4, -0.2) is 61.0 Å². The number of rotatable bonds is 13. The molecule has 1 fully saturated rings. The van der Waals surface area contributed by atoms with Crippen molar-refractivity contribution in [3.8, 4) is 17.2 Å². The molecule has 0 bridgehead atoms. The Morgan fingerprint density at radius 2 is 1.29 bits per heavy atom. The van der Waals surface area contributed by atoms with Crippen LogP contribution in [0.25, 0.3) is 0 Å². The molecule has 0 spiro atoms. The van der Waals surface area contributed by atoms with Gasteiger partial charge in [0, 0.05) is 24.2 Å². The zero-order valence-electron chi connectivity index (χ0n) is 28.3. The van der Waals surface area contributed by atoms with Crippen LogP contribution in [0.5, 0.6) is 17.2 Å². The van der Waals surface area contributed by atoms with E-state index in [0.29, 0.717) is 41.6 Å². The maximum atomic E-state index is 14.9. The summed E-state index contributed by atoms with van der Waals surface area (Å²) >= 11 is 0. The fraction of sp³-hybridized carbons (Fsp3) is 0.286. The Morgan fingerprint density at radius 3 is 1.80 bits per heavy atom. The molecule has 0 saturated carbocycles. The van der Waals surface area contributed by atoms with Crippen molar-refractivity contribution >= 4 is 34.1 Å². The molecule has 4 aromatic rings. The van der Waals surface area contributed by atoms with Gasteiger partial charge in [-0.3, -0.25) is 4.31 Å². The summed E-state index contributed by atoms with van der Waals surface area (Å²) in [6.45, 7) is 5.03. The van der Waals surface area contributed by atoms with Crippen molar-refractivity contribution in [2.45, 2.75) is 31.8 Å². The van der Waals surface area contributed by atoms with Crippen LogP contribution in [0.4, 0.5) is 5.69 Å². The Morgan fingerprint density at radius 1 is 0.796 bits per heavy atom. The molecule has 1 saturated heterocycles. The minimum Gasteiger partial charge on any atom is -0.497 e. The lowest BCUT2D eigenvalue weighted by molar-refractivity contribution is 0.0343. The molecule has 0 amide bonds. The summed E-state index contributed by atoms with van der Waals surface area (Å²) in [4.78, 5) is -0.0922. The van der Waals surface area contributed by atoms with Gasteiger partial charge >= 0.3 is 7.12 Å². The molecule has 0 aliphatic carbocycles. The topological polar surface area (TPSA) is 151 Å².